The second-order valence-corrected chi connectivity index (χ2v) is 6.91. The predicted molar refractivity (Wildman–Crippen MR) is 90.0 cm³/mol. The Hall–Kier alpha value is -0.720. The van der Waals surface area contributed by atoms with Crippen molar-refractivity contribution in [1.82, 2.24) is 0 Å². The summed E-state index contributed by atoms with van der Waals surface area (Å²) < 4.78 is 13.6. The lowest BCUT2D eigenvalue weighted by Crippen LogP contribution is -2.47. The molecule has 0 aromatic heterocycles. The number of halogens is 3. The molecule has 2 rings (SSSR count). The van der Waals surface area contributed by atoms with Gasteiger partial charge in [-0.05, 0) is 40.9 Å². The Morgan fingerprint density at radius 1 is 1.38 bits per heavy atom. The third-order valence-corrected chi connectivity index (χ3v) is 5.17. The fourth-order valence-corrected chi connectivity index (χ4v) is 3.83. The Bertz CT molecular complexity index is 567. The van der Waals surface area contributed by atoms with Crippen molar-refractivity contribution >= 4 is 56.3 Å². The first-order valence-corrected chi connectivity index (χ1v) is 8.20. The molecule has 3 N–H and O–H groups in total. The number of thiocarbonyl (C=S) groups is 1. The number of nitrogens with two attached hydrogens (primary N) is 1. The summed E-state index contributed by atoms with van der Waals surface area (Å²) >= 11 is 14.3. The van der Waals surface area contributed by atoms with E-state index in [1.54, 1.807) is 0 Å². The lowest BCUT2D eigenvalue weighted by molar-refractivity contribution is -0.123. The van der Waals surface area contributed by atoms with Crippen molar-refractivity contribution in [3.8, 4) is 0 Å². The number of rotatable bonds is 3. The summed E-state index contributed by atoms with van der Waals surface area (Å²) in [5.41, 5.74) is 5.32. The van der Waals surface area contributed by atoms with Crippen LogP contribution in [0.2, 0.25) is 5.02 Å². The third kappa shape index (κ3) is 3.38. The number of carbonyl (C=O) groups is 1. The first-order chi connectivity index (χ1) is 9.86. The fourth-order valence-electron chi connectivity index (χ4n) is 2.64. The van der Waals surface area contributed by atoms with Crippen LogP contribution in [0.1, 0.15) is 32.1 Å². The van der Waals surface area contributed by atoms with Crippen LogP contribution in [0.15, 0.2) is 16.6 Å². The molecule has 3 nitrogen and oxygen atoms in total. The second kappa shape index (κ2) is 6.58. The zero-order chi connectivity index (χ0) is 15.6. The van der Waals surface area contributed by atoms with Gasteiger partial charge >= 0.3 is 0 Å². The first kappa shape index (κ1) is 16.6. The lowest BCUT2D eigenvalue weighted by atomic mass is 9.73. The molecular formula is C14H15BrClFN2OS. The van der Waals surface area contributed by atoms with Crippen LogP contribution in [-0.2, 0) is 4.79 Å². The molecule has 1 amide bonds. The van der Waals surface area contributed by atoms with Gasteiger partial charge in [0.1, 0.15) is 5.82 Å². The van der Waals surface area contributed by atoms with Crippen molar-refractivity contribution in [2.75, 3.05) is 5.32 Å². The average molecular weight is 394 g/mol. The quantitative estimate of drug-likeness (QED) is 0.748. The lowest BCUT2D eigenvalue weighted by Gasteiger charge is -2.34. The molecular weight excluding hydrogens is 379 g/mol. The number of carbonyl (C=O) groups excluding carboxylic acids is 1. The minimum Gasteiger partial charge on any atom is -0.392 e. The highest BCUT2D eigenvalue weighted by atomic mass is 79.9. The SMILES string of the molecule is NC(=S)C1(C(=O)Nc2c(Cl)cc(F)cc2Br)CCCCC1. The summed E-state index contributed by atoms with van der Waals surface area (Å²) in [6, 6.07) is 2.39. The smallest absolute Gasteiger partial charge is 0.237 e. The van der Waals surface area contributed by atoms with Crippen molar-refractivity contribution in [2.24, 2.45) is 11.1 Å². The Labute approximate surface area is 141 Å². The first-order valence-electron chi connectivity index (χ1n) is 6.63. The molecule has 0 bridgehead atoms. The van der Waals surface area contributed by atoms with E-state index in [1.165, 1.54) is 6.07 Å². The zero-order valence-corrected chi connectivity index (χ0v) is 14.4. The van der Waals surface area contributed by atoms with Crippen LogP contribution in [0.5, 0.6) is 0 Å². The fraction of sp³-hybridized carbons (Fsp3) is 0.429. The van der Waals surface area contributed by atoms with E-state index in [0.29, 0.717) is 23.0 Å². The van der Waals surface area contributed by atoms with E-state index in [1.807, 2.05) is 0 Å². The predicted octanol–water partition coefficient (Wildman–Crippen LogP) is 4.42. The van der Waals surface area contributed by atoms with E-state index >= 15 is 0 Å². The number of amides is 1. The van der Waals surface area contributed by atoms with Crippen LogP contribution in [0.4, 0.5) is 10.1 Å². The van der Waals surface area contributed by atoms with Crippen molar-refractivity contribution in [2.45, 2.75) is 32.1 Å². The molecule has 1 aromatic carbocycles. The third-order valence-electron chi connectivity index (χ3n) is 3.86. The van der Waals surface area contributed by atoms with Gasteiger partial charge in [-0.1, -0.05) is 43.1 Å². The van der Waals surface area contributed by atoms with Crippen molar-refractivity contribution in [3.05, 3.63) is 27.4 Å². The standard InChI is InChI=1S/C14H15BrClFN2OS/c15-9-6-8(17)7-10(16)11(9)19-13(20)14(12(18)21)4-2-1-3-5-14/h6-7H,1-5H2,(H2,18,21)(H,19,20). The average Bonchev–Trinajstić information content (AvgIpc) is 2.43. The normalized spacial score (nSPS) is 17.3. The number of hydrogen-bond acceptors (Lipinski definition) is 2. The molecule has 1 aliphatic rings. The molecule has 1 fully saturated rings. The number of nitrogens with one attached hydrogen (secondary N) is 1. The van der Waals surface area contributed by atoms with Gasteiger partial charge < -0.3 is 11.1 Å². The van der Waals surface area contributed by atoms with Crippen molar-refractivity contribution < 1.29 is 9.18 Å². The summed E-state index contributed by atoms with van der Waals surface area (Å²) in [5.74, 6) is -0.754. The molecule has 1 saturated carbocycles. The highest BCUT2D eigenvalue weighted by Gasteiger charge is 2.42. The van der Waals surface area contributed by atoms with E-state index in [0.717, 1.165) is 25.3 Å². The summed E-state index contributed by atoms with van der Waals surface area (Å²) in [7, 11) is 0. The molecule has 1 aromatic rings. The minimum atomic E-state index is -0.843. The molecule has 1 aliphatic carbocycles. The van der Waals surface area contributed by atoms with Crippen molar-refractivity contribution in [1.29, 1.82) is 0 Å². The molecule has 114 valence electrons. The van der Waals surface area contributed by atoms with Gasteiger partial charge in [0.2, 0.25) is 5.91 Å². The van der Waals surface area contributed by atoms with Gasteiger partial charge in [-0.2, -0.15) is 0 Å². The Kier molecular flexibility index (Phi) is 5.22. The highest BCUT2D eigenvalue weighted by molar-refractivity contribution is 9.10. The van der Waals surface area contributed by atoms with Crippen LogP contribution >= 0.6 is 39.7 Å². The number of hydrogen-bond donors (Lipinski definition) is 2. The molecule has 21 heavy (non-hydrogen) atoms. The van der Waals surface area contributed by atoms with Gasteiger partial charge in [0.25, 0.3) is 0 Å². The molecule has 0 radical (unpaired) electrons. The monoisotopic (exact) mass is 392 g/mol. The molecule has 0 saturated heterocycles. The van der Waals surface area contributed by atoms with Crippen LogP contribution in [0.3, 0.4) is 0 Å². The molecule has 0 unspecified atom stereocenters. The van der Waals surface area contributed by atoms with E-state index < -0.39 is 11.2 Å². The maximum atomic E-state index is 13.2. The van der Waals surface area contributed by atoms with Gasteiger partial charge in [0, 0.05) is 4.47 Å². The van der Waals surface area contributed by atoms with Gasteiger partial charge in [0.05, 0.1) is 21.1 Å². The van der Waals surface area contributed by atoms with E-state index in [-0.39, 0.29) is 15.9 Å². The number of benzene rings is 1. The van der Waals surface area contributed by atoms with Crippen molar-refractivity contribution in [3.63, 3.8) is 0 Å². The molecule has 0 heterocycles. The van der Waals surface area contributed by atoms with E-state index in [2.05, 4.69) is 21.2 Å². The topological polar surface area (TPSA) is 55.1 Å². The zero-order valence-electron chi connectivity index (χ0n) is 11.2. The van der Waals surface area contributed by atoms with Crippen LogP contribution in [0.25, 0.3) is 0 Å². The van der Waals surface area contributed by atoms with E-state index in [4.69, 9.17) is 29.6 Å². The summed E-state index contributed by atoms with van der Waals surface area (Å²) in [6.07, 6.45) is 4.14. The molecule has 7 heteroatoms. The Morgan fingerprint density at radius 2 is 2.00 bits per heavy atom. The Morgan fingerprint density at radius 3 is 2.52 bits per heavy atom. The summed E-state index contributed by atoms with van der Waals surface area (Å²) in [5, 5.41) is 2.87. The molecule has 0 aliphatic heterocycles. The summed E-state index contributed by atoms with van der Waals surface area (Å²) in [6.45, 7) is 0. The summed E-state index contributed by atoms with van der Waals surface area (Å²) in [4.78, 5) is 12.9. The second-order valence-electron chi connectivity index (χ2n) is 5.21. The van der Waals surface area contributed by atoms with Gasteiger partial charge in [-0.25, -0.2) is 4.39 Å². The van der Waals surface area contributed by atoms with Crippen LogP contribution in [0, 0.1) is 11.2 Å². The van der Waals surface area contributed by atoms with Gasteiger partial charge in [0.15, 0.2) is 0 Å². The van der Waals surface area contributed by atoms with Crippen LogP contribution < -0.4 is 11.1 Å². The Balaban J connectivity index is 2.30. The molecule has 0 spiro atoms. The van der Waals surface area contributed by atoms with Gasteiger partial charge in [-0.3, -0.25) is 4.79 Å². The number of anilines is 1. The molecule has 0 atom stereocenters. The maximum Gasteiger partial charge on any atom is 0.237 e. The highest BCUT2D eigenvalue weighted by Crippen LogP contribution is 2.39. The minimum absolute atomic E-state index is 0.129. The van der Waals surface area contributed by atoms with E-state index in [9.17, 15) is 9.18 Å². The largest absolute Gasteiger partial charge is 0.392 e. The van der Waals surface area contributed by atoms with Gasteiger partial charge in [-0.15, -0.1) is 0 Å². The van der Waals surface area contributed by atoms with Crippen LogP contribution in [-0.4, -0.2) is 10.9 Å². The maximum absolute atomic E-state index is 13.2.